The number of fused-ring (bicyclic) bond motifs is 3. The number of benzene rings is 8. The van der Waals surface area contributed by atoms with Crippen molar-refractivity contribution >= 4 is 21.8 Å². The second kappa shape index (κ2) is 16.1. The lowest BCUT2D eigenvalue weighted by molar-refractivity contribution is -0.138. The standard InChI is InChI=1S/C56H37F6N3/c1-34-23-25-44(35(2)27-34)40-24-26-52-48(30-40)45-21-9-10-22-51(45)65(52)53-46(38-17-11-19-42(28-38)55(57,58)59)31-41(32-47(53)39-18-12-20-43(29-39)56(60,61)62)54-63-49(36-13-5-3-6-14-36)33-50(64-54)37-15-7-4-8-16-37/h3-33H,1-2H3. The summed E-state index contributed by atoms with van der Waals surface area (Å²) in [6, 6.07) is 54.5. The van der Waals surface area contributed by atoms with Crippen LogP contribution < -0.4 is 0 Å². The number of halogens is 6. The van der Waals surface area contributed by atoms with E-state index in [2.05, 4.69) is 31.2 Å². The molecule has 9 heteroatoms. The molecule has 318 valence electrons. The number of para-hydroxylation sites is 1. The van der Waals surface area contributed by atoms with E-state index in [0.717, 1.165) is 68.4 Å². The topological polar surface area (TPSA) is 30.7 Å². The third kappa shape index (κ3) is 7.84. The molecular weight excluding hydrogens is 829 g/mol. The third-order valence-electron chi connectivity index (χ3n) is 11.8. The van der Waals surface area contributed by atoms with Gasteiger partial charge in [0.1, 0.15) is 0 Å². The van der Waals surface area contributed by atoms with E-state index in [4.69, 9.17) is 9.97 Å². The summed E-state index contributed by atoms with van der Waals surface area (Å²) in [6.07, 6.45) is -9.38. The summed E-state index contributed by atoms with van der Waals surface area (Å²) in [5.41, 5.74) is 8.51. The summed E-state index contributed by atoms with van der Waals surface area (Å²) in [5, 5.41) is 1.72. The fourth-order valence-corrected chi connectivity index (χ4v) is 8.78. The molecule has 0 bridgehead atoms. The first-order chi connectivity index (χ1) is 31.3. The zero-order valence-electron chi connectivity index (χ0n) is 35.0. The molecule has 0 saturated heterocycles. The van der Waals surface area contributed by atoms with Crippen molar-refractivity contribution in [3.63, 3.8) is 0 Å². The minimum atomic E-state index is -4.69. The summed E-state index contributed by atoms with van der Waals surface area (Å²) in [7, 11) is 0. The summed E-state index contributed by atoms with van der Waals surface area (Å²) in [4.78, 5) is 10.1. The molecular formula is C56H37F6N3. The van der Waals surface area contributed by atoms with Crippen molar-refractivity contribution in [2.24, 2.45) is 0 Å². The number of hydrogen-bond acceptors (Lipinski definition) is 2. The molecule has 0 aliphatic carbocycles. The maximum Gasteiger partial charge on any atom is 0.416 e. The molecule has 65 heavy (non-hydrogen) atoms. The van der Waals surface area contributed by atoms with Gasteiger partial charge in [-0.2, -0.15) is 26.3 Å². The zero-order chi connectivity index (χ0) is 45.0. The van der Waals surface area contributed by atoms with E-state index in [1.165, 1.54) is 12.1 Å². The second-order valence-corrected chi connectivity index (χ2v) is 16.2. The van der Waals surface area contributed by atoms with Crippen LogP contribution in [-0.2, 0) is 12.4 Å². The molecule has 10 aromatic rings. The van der Waals surface area contributed by atoms with Crippen LogP contribution in [0.15, 0.2) is 188 Å². The zero-order valence-corrected chi connectivity index (χ0v) is 35.0. The molecule has 0 radical (unpaired) electrons. The predicted molar refractivity (Wildman–Crippen MR) is 248 cm³/mol. The van der Waals surface area contributed by atoms with Gasteiger partial charge in [-0.05, 0) is 102 Å². The quantitative estimate of drug-likeness (QED) is 0.149. The first kappa shape index (κ1) is 41.2. The Morgan fingerprint density at radius 2 is 0.892 bits per heavy atom. The summed E-state index contributed by atoms with van der Waals surface area (Å²) < 4.78 is 89.7. The van der Waals surface area contributed by atoms with Gasteiger partial charge in [-0.1, -0.05) is 133 Å². The highest BCUT2D eigenvalue weighted by molar-refractivity contribution is 6.12. The fourth-order valence-electron chi connectivity index (χ4n) is 8.78. The SMILES string of the molecule is Cc1ccc(-c2ccc3c(c2)c2ccccc2n3-c2c(-c3cccc(C(F)(F)F)c3)cc(-c3nc(-c4ccccc4)cc(-c4ccccc4)n3)cc2-c2cccc(C(F)(F)F)c2)c(C)c1. The molecule has 0 saturated carbocycles. The van der Waals surface area contributed by atoms with E-state index in [-0.39, 0.29) is 17.0 Å². The van der Waals surface area contributed by atoms with Crippen molar-refractivity contribution in [3.05, 3.63) is 210 Å². The Morgan fingerprint density at radius 1 is 0.385 bits per heavy atom. The van der Waals surface area contributed by atoms with E-state index in [9.17, 15) is 26.3 Å². The maximum absolute atomic E-state index is 14.6. The molecule has 3 nitrogen and oxygen atoms in total. The molecule has 0 N–H and O–H groups in total. The van der Waals surface area contributed by atoms with Gasteiger partial charge in [0.15, 0.2) is 5.82 Å². The van der Waals surface area contributed by atoms with Crippen LogP contribution in [-0.4, -0.2) is 14.5 Å². The van der Waals surface area contributed by atoms with E-state index in [1.54, 1.807) is 24.3 Å². The minimum absolute atomic E-state index is 0.199. The van der Waals surface area contributed by atoms with Gasteiger partial charge in [-0.25, -0.2) is 9.97 Å². The number of nitrogens with zero attached hydrogens (tertiary/aromatic N) is 3. The van der Waals surface area contributed by atoms with Crippen molar-refractivity contribution < 1.29 is 26.3 Å². The van der Waals surface area contributed by atoms with Crippen LogP contribution in [0.1, 0.15) is 22.3 Å². The van der Waals surface area contributed by atoms with Gasteiger partial charge in [0.25, 0.3) is 0 Å². The van der Waals surface area contributed by atoms with Crippen molar-refractivity contribution in [2.45, 2.75) is 26.2 Å². The Kier molecular flexibility index (Phi) is 10.2. The van der Waals surface area contributed by atoms with Gasteiger partial charge >= 0.3 is 12.4 Å². The van der Waals surface area contributed by atoms with Crippen molar-refractivity contribution in [2.75, 3.05) is 0 Å². The van der Waals surface area contributed by atoms with Crippen LogP contribution in [0.25, 0.3) is 94.8 Å². The first-order valence-electron chi connectivity index (χ1n) is 20.9. The normalized spacial score (nSPS) is 12.0. The van der Waals surface area contributed by atoms with Crippen molar-refractivity contribution in [1.29, 1.82) is 0 Å². The Bertz CT molecular complexity index is 3290. The predicted octanol–water partition coefficient (Wildman–Crippen LogP) is 16.2. The smallest absolute Gasteiger partial charge is 0.308 e. The van der Waals surface area contributed by atoms with Crippen molar-refractivity contribution in [1.82, 2.24) is 14.5 Å². The Labute approximate surface area is 371 Å². The maximum atomic E-state index is 14.6. The first-order valence-corrected chi connectivity index (χ1v) is 20.9. The van der Waals surface area contributed by atoms with E-state index < -0.39 is 23.5 Å². The van der Waals surface area contributed by atoms with E-state index in [1.807, 2.05) is 115 Å². The largest absolute Gasteiger partial charge is 0.416 e. The monoisotopic (exact) mass is 865 g/mol. The average molecular weight is 866 g/mol. The van der Waals surface area contributed by atoms with Crippen LogP contribution in [0.4, 0.5) is 26.3 Å². The molecule has 0 atom stereocenters. The summed E-state index contributed by atoms with van der Waals surface area (Å²) in [6.45, 7) is 4.10. The average Bonchev–Trinajstić information content (AvgIpc) is 3.64. The van der Waals surface area contributed by atoms with Gasteiger partial charge in [0.2, 0.25) is 0 Å². The van der Waals surface area contributed by atoms with Crippen molar-refractivity contribution in [3.8, 4) is 73.0 Å². The summed E-state index contributed by atoms with van der Waals surface area (Å²) in [5.74, 6) is 0.235. The highest BCUT2D eigenvalue weighted by Crippen LogP contribution is 2.46. The van der Waals surface area contributed by atoms with Crippen LogP contribution in [0.5, 0.6) is 0 Å². The lowest BCUT2D eigenvalue weighted by Crippen LogP contribution is -2.07. The molecule has 2 heterocycles. The van der Waals surface area contributed by atoms with Crippen LogP contribution >= 0.6 is 0 Å². The lowest BCUT2D eigenvalue weighted by Gasteiger charge is -2.22. The fraction of sp³-hybridized carbons (Fsp3) is 0.0714. The molecule has 0 fully saturated rings. The number of aryl methyl sites for hydroxylation is 2. The second-order valence-electron chi connectivity index (χ2n) is 16.2. The van der Waals surface area contributed by atoms with Gasteiger partial charge in [-0.3, -0.25) is 0 Å². The van der Waals surface area contributed by atoms with Gasteiger partial charge < -0.3 is 4.57 Å². The molecule has 10 rings (SSSR count). The van der Waals surface area contributed by atoms with Crippen LogP contribution in [0, 0.1) is 13.8 Å². The molecule has 0 aliphatic rings. The molecule has 8 aromatic carbocycles. The Morgan fingerprint density at radius 3 is 1.45 bits per heavy atom. The van der Waals surface area contributed by atoms with E-state index in [0.29, 0.717) is 44.8 Å². The van der Waals surface area contributed by atoms with Gasteiger partial charge in [-0.15, -0.1) is 0 Å². The van der Waals surface area contributed by atoms with Gasteiger partial charge in [0.05, 0.1) is 39.2 Å². The molecule has 0 aliphatic heterocycles. The molecule has 0 amide bonds. The highest BCUT2D eigenvalue weighted by Gasteiger charge is 2.33. The van der Waals surface area contributed by atoms with E-state index >= 15 is 0 Å². The molecule has 0 spiro atoms. The van der Waals surface area contributed by atoms with Crippen LogP contribution in [0.2, 0.25) is 0 Å². The number of hydrogen-bond donors (Lipinski definition) is 0. The molecule has 0 unspecified atom stereocenters. The number of aromatic nitrogens is 3. The Hall–Kier alpha value is -7.78. The third-order valence-corrected chi connectivity index (χ3v) is 11.8. The lowest BCUT2D eigenvalue weighted by atomic mass is 9.91. The summed E-state index contributed by atoms with van der Waals surface area (Å²) >= 11 is 0. The Balaban J connectivity index is 1.34. The number of rotatable bonds is 7. The van der Waals surface area contributed by atoms with Crippen LogP contribution in [0.3, 0.4) is 0 Å². The molecule has 2 aromatic heterocycles. The number of alkyl halides is 6. The minimum Gasteiger partial charge on any atom is -0.308 e. The van der Waals surface area contributed by atoms with Gasteiger partial charge in [0, 0.05) is 38.6 Å². The highest BCUT2D eigenvalue weighted by atomic mass is 19.4.